The van der Waals surface area contributed by atoms with E-state index in [1.54, 1.807) is 35.2 Å². The van der Waals surface area contributed by atoms with Crippen molar-refractivity contribution in [3.05, 3.63) is 155 Å². The Hall–Kier alpha value is -6.14. The zero-order valence-corrected chi connectivity index (χ0v) is 37.5. The van der Waals surface area contributed by atoms with Crippen LogP contribution in [0.15, 0.2) is 134 Å². The van der Waals surface area contributed by atoms with Gasteiger partial charge >= 0.3 is 5.97 Å². The smallest absolute Gasteiger partial charge is 0.311 e. The van der Waals surface area contributed by atoms with Gasteiger partial charge in [-0.3, -0.25) is 29.1 Å². The van der Waals surface area contributed by atoms with Gasteiger partial charge < -0.3 is 24.8 Å². The van der Waals surface area contributed by atoms with Crippen LogP contribution in [0.4, 0.5) is 0 Å². The molecule has 2 N–H and O–H groups in total. The largest absolute Gasteiger partial charge is 0.427 e. The number of β-lactam (4-membered cyclic amide) rings is 1. The maximum absolute atomic E-state index is 15.3. The number of benzene rings is 5. The molecule has 0 bridgehead atoms. The molecule has 336 valence electrons. The van der Waals surface area contributed by atoms with Gasteiger partial charge in [0.15, 0.2) is 6.23 Å². The third-order valence-electron chi connectivity index (χ3n) is 13.4. The zero-order valence-electron chi connectivity index (χ0n) is 36.8. The minimum absolute atomic E-state index is 0.00473. The predicted octanol–water partition coefficient (Wildman–Crippen LogP) is 8.78. The van der Waals surface area contributed by atoms with Crippen molar-refractivity contribution in [3.8, 4) is 5.75 Å². The number of halogens is 1. The number of hydrogen-bond donors (Lipinski definition) is 2. The molecule has 5 aromatic carbocycles. The van der Waals surface area contributed by atoms with Crippen LogP contribution in [-0.4, -0.2) is 81.0 Å². The molecule has 65 heavy (non-hydrogen) atoms. The van der Waals surface area contributed by atoms with Crippen molar-refractivity contribution in [1.29, 1.82) is 0 Å². The van der Waals surface area contributed by atoms with Crippen LogP contribution < -0.4 is 10.1 Å². The average Bonchev–Trinajstić information content (AvgIpc) is 3.65. The van der Waals surface area contributed by atoms with Gasteiger partial charge in [0.1, 0.15) is 23.9 Å². The summed E-state index contributed by atoms with van der Waals surface area (Å²) in [7, 11) is 0. The molecule has 3 amide bonds. The minimum atomic E-state index is -1.09. The molecule has 2 aliphatic heterocycles. The van der Waals surface area contributed by atoms with Gasteiger partial charge in [-0.25, -0.2) is 0 Å². The summed E-state index contributed by atoms with van der Waals surface area (Å²) in [5, 5.41) is 18.0. The summed E-state index contributed by atoms with van der Waals surface area (Å²) in [5.41, 5.74) is 1.81. The van der Waals surface area contributed by atoms with Crippen LogP contribution in [0.2, 0.25) is 5.02 Å². The van der Waals surface area contributed by atoms with E-state index in [-0.39, 0.29) is 31.8 Å². The molecule has 12 heteroatoms. The highest BCUT2D eigenvalue weighted by molar-refractivity contribution is 6.31. The van der Waals surface area contributed by atoms with E-state index in [0.29, 0.717) is 55.0 Å². The van der Waals surface area contributed by atoms with Crippen molar-refractivity contribution >= 4 is 56.8 Å². The number of aliphatic hydroxyl groups excluding tert-OH is 1. The Morgan fingerprint density at radius 3 is 2.23 bits per heavy atom. The molecular formula is C53H55ClN4O7. The normalized spacial score (nSPS) is 19.1. The number of ether oxygens (including phenoxy) is 2. The Labute approximate surface area is 384 Å². The maximum atomic E-state index is 15.3. The SMILES string of the molecule is CCC(CC)(CO)CC(C(=O)NCCc1ccccc1)N1C(=O)C(N2C(=O)C(CCC(=O)Oc3ccccc3)OC2c2cc(Cl)cc3ccccc23)C1CCc1cc2ccccc2cn1. The van der Waals surface area contributed by atoms with Gasteiger partial charge in [0.25, 0.3) is 5.91 Å². The summed E-state index contributed by atoms with van der Waals surface area (Å²) >= 11 is 6.76. The van der Waals surface area contributed by atoms with E-state index in [4.69, 9.17) is 26.1 Å². The fourth-order valence-electron chi connectivity index (χ4n) is 9.43. The number of amides is 3. The number of para-hydroxylation sites is 1. The van der Waals surface area contributed by atoms with Crippen molar-refractivity contribution in [2.45, 2.75) is 95.7 Å². The first kappa shape index (κ1) is 45.4. The standard InChI is InChI=1S/C53H55ClN4O7/c1-3-53(4-2,34-59)32-45(49(61)55-28-27-35-15-7-5-8-16-35)57-44(24-23-40-30-36-17-11-12-19-38(36)33-56-40)48(51(57)63)58-50(62)46(25-26-47(60)64-41-20-9-6-10-21-41)65-52(58)43-31-39(54)29-37-18-13-14-22-42(37)43/h5-22,29-31,33,44-46,48,52,59H,3-4,23-28,32,34H2,1-2H3,(H,55,61). The van der Waals surface area contributed by atoms with Gasteiger partial charge in [-0.2, -0.15) is 0 Å². The Morgan fingerprint density at radius 1 is 0.831 bits per heavy atom. The van der Waals surface area contributed by atoms with E-state index in [0.717, 1.165) is 32.8 Å². The fourth-order valence-corrected chi connectivity index (χ4v) is 9.67. The summed E-state index contributed by atoms with van der Waals surface area (Å²) < 4.78 is 12.2. The number of aryl methyl sites for hydroxylation is 1. The molecule has 0 radical (unpaired) electrons. The molecule has 2 aliphatic rings. The lowest BCUT2D eigenvalue weighted by molar-refractivity contribution is -0.177. The van der Waals surface area contributed by atoms with E-state index in [2.05, 4.69) is 5.32 Å². The van der Waals surface area contributed by atoms with Crippen LogP contribution in [0.5, 0.6) is 5.75 Å². The molecule has 2 saturated heterocycles. The number of nitrogens with one attached hydrogen (secondary N) is 1. The lowest BCUT2D eigenvalue weighted by Gasteiger charge is -2.55. The molecule has 0 saturated carbocycles. The van der Waals surface area contributed by atoms with Crippen LogP contribution >= 0.6 is 11.6 Å². The van der Waals surface area contributed by atoms with Gasteiger partial charge in [0.05, 0.1) is 6.04 Å². The second-order valence-electron chi connectivity index (χ2n) is 17.2. The number of pyridine rings is 1. The number of hydrogen-bond acceptors (Lipinski definition) is 8. The lowest BCUT2D eigenvalue weighted by Crippen LogP contribution is -2.75. The number of esters is 1. The molecule has 5 unspecified atom stereocenters. The van der Waals surface area contributed by atoms with Gasteiger partial charge in [0.2, 0.25) is 11.8 Å². The molecule has 0 aliphatic carbocycles. The highest BCUT2D eigenvalue weighted by atomic mass is 35.5. The third-order valence-corrected chi connectivity index (χ3v) is 13.6. The van der Waals surface area contributed by atoms with E-state index in [9.17, 15) is 14.7 Å². The minimum Gasteiger partial charge on any atom is -0.427 e. The monoisotopic (exact) mass is 894 g/mol. The lowest BCUT2D eigenvalue weighted by atomic mass is 9.75. The Balaban J connectivity index is 1.16. The van der Waals surface area contributed by atoms with E-state index < -0.39 is 53.7 Å². The predicted molar refractivity (Wildman–Crippen MR) is 251 cm³/mol. The average molecular weight is 895 g/mol. The number of likely N-dealkylation sites (tertiary alicyclic amines) is 1. The molecule has 1 aromatic heterocycles. The topological polar surface area (TPSA) is 138 Å². The van der Waals surface area contributed by atoms with Crippen molar-refractivity contribution in [2.75, 3.05) is 13.2 Å². The molecule has 5 atom stereocenters. The van der Waals surface area contributed by atoms with Crippen LogP contribution in [0.25, 0.3) is 21.5 Å². The second kappa shape index (κ2) is 20.4. The Kier molecular flexibility index (Phi) is 14.2. The molecule has 11 nitrogen and oxygen atoms in total. The van der Waals surface area contributed by atoms with Gasteiger partial charge in [-0.15, -0.1) is 0 Å². The Bertz CT molecular complexity index is 2630. The van der Waals surface area contributed by atoms with Crippen molar-refractivity contribution < 1.29 is 33.8 Å². The molecule has 2 fully saturated rings. The molecular weight excluding hydrogens is 840 g/mol. The van der Waals surface area contributed by atoms with Gasteiger partial charge in [0, 0.05) is 47.4 Å². The van der Waals surface area contributed by atoms with E-state index >= 15 is 9.59 Å². The first-order chi connectivity index (χ1) is 31.6. The van der Waals surface area contributed by atoms with E-state index in [1.807, 2.05) is 117 Å². The molecule has 3 heterocycles. The summed E-state index contributed by atoms with van der Waals surface area (Å²) in [6, 6.07) is 37.2. The van der Waals surface area contributed by atoms with Crippen LogP contribution in [0.3, 0.4) is 0 Å². The number of aromatic nitrogens is 1. The quantitative estimate of drug-likeness (QED) is 0.0468. The van der Waals surface area contributed by atoms with Gasteiger partial charge in [-0.1, -0.05) is 123 Å². The fraction of sp³-hybridized carbons (Fsp3) is 0.340. The van der Waals surface area contributed by atoms with Crippen LogP contribution in [0, 0.1) is 5.41 Å². The number of rotatable bonds is 19. The molecule has 8 rings (SSSR count). The number of nitrogens with zero attached hydrogens (tertiary/aromatic N) is 3. The van der Waals surface area contributed by atoms with E-state index in [1.165, 1.54) is 4.90 Å². The number of carbonyl (C=O) groups excluding carboxylic acids is 4. The van der Waals surface area contributed by atoms with Crippen molar-refractivity contribution in [3.63, 3.8) is 0 Å². The summed E-state index contributed by atoms with van der Waals surface area (Å²) in [4.78, 5) is 66.0. The number of carbonyl (C=O) groups is 4. The first-order valence-corrected chi connectivity index (χ1v) is 23.0. The first-order valence-electron chi connectivity index (χ1n) is 22.6. The number of aliphatic hydroxyl groups is 1. The summed E-state index contributed by atoms with van der Waals surface area (Å²) in [5.74, 6) is -1.31. The zero-order chi connectivity index (χ0) is 45.5. The Morgan fingerprint density at radius 2 is 1.51 bits per heavy atom. The number of fused-ring (bicyclic) bond motifs is 2. The van der Waals surface area contributed by atoms with Crippen LogP contribution in [0.1, 0.15) is 75.4 Å². The summed E-state index contributed by atoms with van der Waals surface area (Å²) in [6.45, 7) is 4.16. The molecule has 0 spiro atoms. The maximum Gasteiger partial charge on any atom is 0.311 e. The van der Waals surface area contributed by atoms with Crippen LogP contribution in [-0.2, 0) is 36.8 Å². The van der Waals surface area contributed by atoms with Gasteiger partial charge in [-0.05, 0) is 102 Å². The third kappa shape index (κ3) is 9.93. The van der Waals surface area contributed by atoms with Crippen molar-refractivity contribution in [1.82, 2.24) is 20.1 Å². The second-order valence-corrected chi connectivity index (χ2v) is 17.6. The van der Waals surface area contributed by atoms with Crippen molar-refractivity contribution in [2.24, 2.45) is 5.41 Å². The molecule has 6 aromatic rings. The highest BCUT2D eigenvalue weighted by Crippen LogP contribution is 2.45. The summed E-state index contributed by atoms with van der Waals surface area (Å²) in [6.07, 6.45) is 2.35. The highest BCUT2D eigenvalue weighted by Gasteiger charge is 2.60.